The summed E-state index contributed by atoms with van der Waals surface area (Å²) in [7, 11) is 0. The highest BCUT2D eigenvalue weighted by Gasteiger charge is 2.51. The molecular weight excluding hydrogens is 627 g/mol. The van der Waals surface area contributed by atoms with E-state index in [1.165, 1.54) is 94.8 Å². The van der Waals surface area contributed by atoms with Gasteiger partial charge in [0, 0.05) is 22.4 Å². The molecule has 242 valence electrons. The van der Waals surface area contributed by atoms with Crippen LogP contribution in [-0.2, 0) is 10.8 Å². The smallest absolute Gasteiger partial charge is 0.0726 e. The Bertz CT molecular complexity index is 2760. The molecule has 2 aliphatic heterocycles. The molecule has 52 heavy (non-hydrogen) atoms. The van der Waals surface area contributed by atoms with Gasteiger partial charge >= 0.3 is 0 Å². The number of hydrogen-bond acceptors (Lipinski definition) is 1. The van der Waals surface area contributed by atoms with E-state index < -0.39 is 5.41 Å². The third kappa shape index (κ3) is 3.30. The summed E-state index contributed by atoms with van der Waals surface area (Å²) >= 11 is 0. The number of para-hydroxylation sites is 1. The zero-order valence-electron chi connectivity index (χ0n) is 28.8. The second-order valence-electron chi connectivity index (χ2n) is 14.9. The Hall–Kier alpha value is -6.44. The van der Waals surface area contributed by atoms with Crippen molar-refractivity contribution in [2.24, 2.45) is 0 Å². The normalized spacial score (nSPS) is 17.1. The summed E-state index contributed by atoms with van der Waals surface area (Å²) < 4.78 is 0. The highest BCUT2D eigenvalue weighted by Crippen LogP contribution is 2.63. The van der Waals surface area contributed by atoms with Gasteiger partial charge in [-0.1, -0.05) is 152 Å². The lowest BCUT2D eigenvalue weighted by molar-refractivity contribution is 0.714. The Morgan fingerprint density at radius 2 is 0.769 bits per heavy atom. The monoisotopic (exact) mass is 659 g/mol. The Balaban J connectivity index is 1.17. The van der Waals surface area contributed by atoms with Gasteiger partial charge in [-0.15, -0.1) is 0 Å². The molecule has 13 rings (SSSR count). The highest BCUT2D eigenvalue weighted by atomic mass is 15.1. The van der Waals surface area contributed by atoms with E-state index in [1.54, 1.807) is 0 Å². The Labute approximate surface area is 304 Å². The van der Waals surface area contributed by atoms with Gasteiger partial charge in [0.1, 0.15) is 0 Å². The summed E-state index contributed by atoms with van der Waals surface area (Å²) in [5.74, 6) is 0. The highest BCUT2D eigenvalue weighted by molar-refractivity contribution is 5.98. The maximum absolute atomic E-state index is 2.51. The van der Waals surface area contributed by atoms with E-state index >= 15 is 0 Å². The largest absolute Gasteiger partial charge is 0.310 e. The van der Waals surface area contributed by atoms with Gasteiger partial charge in [-0.2, -0.15) is 0 Å². The molecule has 3 aliphatic carbocycles. The molecule has 0 saturated carbocycles. The standard InChI is InChI=1S/C51H33N/c1-50-33-24-22-32(23-25-33)36-12-6-11-21-49(36)52(34-26-28-41(47(50)30-34)37-13-2-7-17-43(37)50)35-27-29-42-40-16-5-10-20-46(40)51(48(42)31-35)44-18-8-3-14-38(44)39-15-4-9-19-45(39)51/h2-31H,1H3. The van der Waals surface area contributed by atoms with Gasteiger partial charge in [-0.3, -0.25) is 0 Å². The summed E-state index contributed by atoms with van der Waals surface area (Å²) in [6.07, 6.45) is 0. The van der Waals surface area contributed by atoms with Crippen LogP contribution in [-0.4, -0.2) is 0 Å². The number of benzene rings is 8. The van der Waals surface area contributed by atoms with Crippen molar-refractivity contribution in [2.45, 2.75) is 17.8 Å². The number of nitrogens with zero attached hydrogens (tertiary/aromatic N) is 1. The van der Waals surface area contributed by atoms with Crippen LogP contribution >= 0.6 is 0 Å². The third-order valence-electron chi connectivity index (χ3n) is 12.7. The Kier molecular flexibility index (Phi) is 5.37. The zero-order chi connectivity index (χ0) is 34.2. The molecule has 0 amide bonds. The van der Waals surface area contributed by atoms with Gasteiger partial charge in [-0.05, 0) is 115 Å². The molecular formula is C51H33N. The van der Waals surface area contributed by atoms with E-state index in [0.29, 0.717) is 0 Å². The van der Waals surface area contributed by atoms with Crippen LogP contribution in [0, 0.1) is 0 Å². The van der Waals surface area contributed by atoms with E-state index in [0.717, 1.165) is 5.69 Å². The quantitative estimate of drug-likeness (QED) is 0.170. The first-order valence-corrected chi connectivity index (χ1v) is 18.4. The lowest BCUT2D eigenvalue weighted by atomic mass is 9.70. The summed E-state index contributed by atoms with van der Waals surface area (Å²) in [6, 6.07) is 68.9. The molecule has 8 aromatic rings. The fourth-order valence-electron chi connectivity index (χ4n) is 10.5. The fraction of sp³-hybridized carbons (Fsp3) is 0.0588. The fourth-order valence-corrected chi connectivity index (χ4v) is 10.5. The van der Waals surface area contributed by atoms with Crippen molar-refractivity contribution in [3.8, 4) is 44.5 Å². The Morgan fingerprint density at radius 3 is 1.35 bits per heavy atom. The molecule has 1 nitrogen and oxygen atoms in total. The van der Waals surface area contributed by atoms with Crippen molar-refractivity contribution >= 4 is 17.1 Å². The van der Waals surface area contributed by atoms with Crippen LogP contribution in [0.25, 0.3) is 44.5 Å². The van der Waals surface area contributed by atoms with Crippen molar-refractivity contribution in [3.63, 3.8) is 0 Å². The van der Waals surface area contributed by atoms with Crippen molar-refractivity contribution in [1.82, 2.24) is 0 Å². The molecule has 5 aliphatic rings. The SMILES string of the molecule is CC12c3ccc(cc3)-c3ccccc3N(c3ccc4c(c3)C3(c5ccccc5-c5ccccc53)c3ccccc3-4)c3ccc(c1c3)-c1ccccc12. The van der Waals surface area contributed by atoms with Crippen LogP contribution in [0.2, 0.25) is 0 Å². The molecule has 8 aromatic carbocycles. The van der Waals surface area contributed by atoms with Crippen LogP contribution in [0.5, 0.6) is 0 Å². The molecule has 2 heterocycles. The number of anilines is 3. The van der Waals surface area contributed by atoms with Crippen LogP contribution in [0.1, 0.15) is 45.9 Å². The maximum Gasteiger partial charge on any atom is 0.0726 e. The van der Waals surface area contributed by atoms with Gasteiger partial charge in [0.25, 0.3) is 0 Å². The first-order chi connectivity index (χ1) is 25.7. The minimum absolute atomic E-state index is 0.274. The molecule has 1 atom stereocenters. The lowest BCUT2D eigenvalue weighted by Gasteiger charge is -2.33. The minimum atomic E-state index is -0.406. The van der Waals surface area contributed by atoms with Crippen LogP contribution in [0.4, 0.5) is 17.1 Å². The first-order valence-electron chi connectivity index (χ1n) is 18.4. The van der Waals surface area contributed by atoms with Gasteiger partial charge < -0.3 is 4.90 Å². The van der Waals surface area contributed by atoms with Crippen molar-refractivity contribution in [2.75, 3.05) is 4.90 Å². The second kappa shape index (κ2) is 9.87. The molecule has 0 N–H and O–H groups in total. The molecule has 0 aromatic heterocycles. The molecule has 0 fully saturated rings. The van der Waals surface area contributed by atoms with E-state index in [1.807, 2.05) is 0 Å². The minimum Gasteiger partial charge on any atom is -0.310 e. The first kappa shape index (κ1) is 28.3. The van der Waals surface area contributed by atoms with Crippen LogP contribution < -0.4 is 4.90 Å². The van der Waals surface area contributed by atoms with Crippen LogP contribution in [0.15, 0.2) is 182 Å². The topological polar surface area (TPSA) is 3.24 Å². The lowest BCUT2D eigenvalue weighted by Crippen LogP contribution is -2.26. The van der Waals surface area contributed by atoms with Crippen molar-refractivity contribution < 1.29 is 0 Å². The predicted octanol–water partition coefficient (Wildman–Crippen LogP) is 12.8. The molecule has 0 saturated heterocycles. The van der Waals surface area contributed by atoms with E-state index in [-0.39, 0.29) is 5.41 Å². The average Bonchev–Trinajstić information content (AvgIpc) is 3.77. The van der Waals surface area contributed by atoms with Crippen molar-refractivity contribution in [1.29, 1.82) is 0 Å². The maximum atomic E-state index is 2.51. The Morgan fingerprint density at radius 1 is 0.346 bits per heavy atom. The van der Waals surface area contributed by atoms with Gasteiger partial charge in [0.2, 0.25) is 0 Å². The number of fused-ring (bicyclic) bond motifs is 14. The summed E-state index contributed by atoms with van der Waals surface area (Å²) in [6.45, 7) is 2.41. The molecule has 1 unspecified atom stereocenters. The number of rotatable bonds is 1. The summed E-state index contributed by atoms with van der Waals surface area (Å²) in [5.41, 5.74) is 22.7. The van der Waals surface area contributed by atoms with Gasteiger partial charge in [0.15, 0.2) is 0 Å². The van der Waals surface area contributed by atoms with Gasteiger partial charge in [-0.25, -0.2) is 0 Å². The second-order valence-corrected chi connectivity index (χ2v) is 14.9. The molecule has 1 heteroatoms. The molecule has 4 bridgehead atoms. The molecule has 0 radical (unpaired) electrons. The predicted molar refractivity (Wildman–Crippen MR) is 214 cm³/mol. The molecule has 1 spiro atoms. The van der Waals surface area contributed by atoms with Gasteiger partial charge in [0.05, 0.1) is 11.1 Å². The van der Waals surface area contributed by atoms with E-state index in [2.05, 4.69) is 194 Å². The summed E-state index contributed by atoms with van der Waals surface area (Å²) in [5, 5.41) is 0. The van der Waals surface area contributed by atoms with Crippen LogP contribution in [0.3, 0.4) is 0 Å². The van der Waals surface area contributed by atoms with E-state index in [4.69, 9.17) is 0 Å². The van der Waals surface area contributed by atoms with Crippen molar-refractivity contribution in [3.05, 3.63) is 221 Å². The zero-order valence-corrected chi connectivity index (χ0v) is 28.8. The average molecular weight is 660 g/mol. The van der Waals surface area contributed by atoms with E-state index in [9.17, 15) is 0 Å². The third-order valence-corrected chi connectivity index (χ3v) is 12.7. The summed E-state index contributed by atoms with van der Waals surface area (Å²) in [4.78, 5) is 2.51. The number of hydrogen-bond donors (Lipinski definition) is 0.